The van der Waals surface area contributed by atoms with Crippen LogP contribution in [-0.4, -0.2) is 51.8 Å². The lowest BCUT2D eigenvalue weighted by atomic mass is 9.86. The minimum Gasteiger partial charge on any atom is -0.292 e. The van der Waals surface area contributed by atoms with Crippen LogP contribution in [0.3, 0.4) is 0 Å². The molecule has 1 aromatic rings. The summed E-state index contributed by atoms with van der Waals surface area (Å²) in [5, 5.41) is 5.92. The van der Waals surface area contributed by atoms with Gasteiger partial charge in [-0.25, -0.2) is 4.39 Å². The van der Waals surface area contributed by atoms with Crippen molar-refractivity contribution in [2.75, 3.05) is 0 Å². The molecule has 0 radical (unpaired) electrons. The summed E-state index contributed by atoms with van der Waals surface area (Å²) in [6.45, 7) is 0. The van der Waals surface area contributed by atoms with Crippen molar-refractivity contribution in [3.05, 3.63) is 47.8 Å². The van der Waals surface area contributed by atoms with E-state index in [-0.39, 0.29) is 23.6 Å². The number of benzene rings is 1. The van der Waals surface area contributed by atoms with Crippen molar-refractivity contribution < 1.29 is 18.8 Å². The highest BCUT2D eigenvalue weighted by molar-refractivity contribution is 6.12. The normalized spacial score (nSPS) is 31.3. The summed E-state index contributed by atoms with van der Waals surface area (Å²) < 4.78 is 13.3. The number of hydrogen-bond acceptors (Lipinski definition) is 5. The van der Waals surface area contributed by atoms with Crippen LogP contribution in [0.1, 0.15) is 42.5 Å². The predicted octanol–water partition coefficient (Wildman–Crippen LogP) is 2.55. The third-order valence-electron chi connectivity index (χ3n) is 6.66. The zero-order valence-corrected chi connectivity index (χ0v) is 15.9. The highest BCUT2D eigenvalue weighted by Gasteiger charge is 2.64. The van der Waals surface area contributed by atoms with Gasteiger partial charge in [0.1, 0.15) is 11.9 Å². The van der Waals surface area contributed by atoms with Gasteiger partial charge in [-0.05, 0) is 43.2 Å². The molecule has 0 bridgehead atoms. The van der Waals surface area contributed by atoms with Crippen molar-refractivity contribution in [1.29, 1.82) is 0 Å². The zero-order chi connectivity index (χ0) is 20.1. The molecule has 7 heteroatoms. The highest BCUT2D eigenvalue weighted by Crippen LogP contribution is 2.46. The van der Waals surface area contributed by atoms with E-state index in [0.29, 0.717) is 5.56 Å². The summed E-state index contributed by atoms with van der Waals surface area (Å²) in [6.07, 6.45) is 9.97. The average Bonchev–Trinajstić information content (AvgIpc) is 3.22. The SMILES string of the molecule is O=C(c1ccc(F)cc1)[C@H]1[C@@H]2C(=O)N(C3CCCCC3)C(=O)[C@@H]2[C@H]2C=CC=NN21. The molecule has 0 aromatic heterocycles. The smallest absolute Gasteiger partial charge is 0.236 e. The molecule has 3 fully saturated rings. The van der Waals surface area contributed by atoms with Gasteiger partial charge in [-0.15, -0.1) is 0 Å². The molecule has 150 valence electrons. The van der Waals surface area contributed by atoms with Gasteiger partial charge in [0.25, 0.3) is 0 Å². The van der Waals surface area contributed by atoms with Crippen LogP contribution < -0.4 is 0 Å². The lowest BCUT2D eigenvalue weighted by Gasteiger charge is -2.34. The number of carbonyl (C=O) groups excluding carboxylic acids is 3. The molecule has 0 spiro atoms. The number of carbonyl (C=O) groups is 3. The van der Waals surface area contributed by atoms with Crippen molar-refractivity contribution in [2.45, 2.75) is 50.2 Å². The number of hydrazone groups is 1. The molecule has 1 aromatic carbocycles. The number of rotatable bonds is 3. The molecule has 1 saturated carbocycles. The molecule has 3 aliphatic heterocycles. The minimum atomic E-state index is -0.860. The Morgan fingerprint density at radius 2 is 1.69 bits per heavy atom. The molecule has 4 atom stereocenters. The van der Waals surface area contributed by atoms with E-state index in [1.807, 2.05) is 6.08 Å². The summed E-state index contributed by atoms with van der Waals surface area (Å²) >= 11 is 0. The van der Waals surface area contributed by atoms with Gasteiger partial charge in [-0.2, -0.15) is 5.10 Å². The van der Waals surface area contributed by atoms with E-state index in [4.69, 9.17) is 0 Å². The van der Waals surface area contributed by atoms with Gasteiger partial charge in [0.05, 0.1) is 17.9 Å². The first-order valence-electron chi connectivity index (χ1n) is 10.2. The molecule has 0 unspecified atom stereocenters. The maximum absolute atomic E-state index is 13.4. The quantitative estimate of drug-likeness (QED) is 0.583. The Hall–Kier alpha value is -2.83. The number of imide groups is 1. The number of ketones is 1. The minimum absolute atomic E-state index is 0.0690. The van der Waals surface area contributed by atoms with E-state index in [2.05, 4.69) is 5.10 Å². The van der Waals surface area contributed by atoms with Gasteiger partial charge in [0, 0.05) is 17.8 Å². The van der Waals surface area contributed by atoms with Crippen LogP contribution in [0.4, 0.5) is 4.39 Å². The molecule has 5 rings (SSSR count). The number of Topliss-reactive ketones (excluding diaryl/α,β-unsaturated/α-hetero) is 1. The van der Waals surface area contributed by atoms with E-state index >= 15 is 0 Å². The van der Waals surface area contributed by atoms with Crippen LogP contribution in [0, 0.1) is 17.7 Å². The molecule has 1 aliphatic carbocycles. The Morgan fingerprint density at radius 1 is 1.00 bits per heavy atom. The van der Waals surface area contributed by atoms with Gasteiger partial charge in [0.15, 0.2) is 5.78 Å². The van der Waals surface area contributed by atoms with Crippen molar-refractivity contribution >= 4 is 23.8 Å². The fraction of sp³-hybridized carbons (Fsp3) is 0.455. The molecule has 2 saturated heterocycles. The Balaban J connectivity index is 1.53. The maximum atomic E-state index is 13.4. The molecule has 29 heavy (non-hydrogen) atoms. The average molecular weight is 395 g/mol. The second-order valence-electron chi connectivity index (χ2n) is 8.23. The lowest BCUT2D eigenvalue weighted by Crippen LogP contribution is -2.49. The van der Waals surface area contributed by atoms with E-state index in [1.165, 1.54) is 29.2 Å². The third kappa shape index (κ3) is 2.74. The van der Waals surface area contributed by atoms with E-state index in [0.717, 1.165) is 32.1 Å². The van der Waals surface area contributed by atoms with E-state index in [9.17, 15) is 18.8 Å². The molecule has 6 nitrogen and oxygen atoms in total. The van der Waals surface area contributed by atoms with Crippen LogP contribution in [0.15, 0.2) is 41.5 Å². The first-order valence-corrected chi connectivity index (χ1v) is 10.2. The number of nitrogens with zero attached hydrogens (tertiary/aromatic N) is 3. The molecule has 2 amide bonds. The molecule has 3 heterocycles. The molecule has 4 aliphatic rings. The van der Waals surface area contributed by atoms with Crippen LogP contribution >= 0.6 is 0 Å². The predicted molar refractivity (Wildman–Crippen MR) is 103 cm³/mol. The maximum Gasteiger partial charge on any atom is 0.236 e. The summed E-state index contributed by atoms with van der Waals surface area (Å²) in [4.78, 5) is 41.6. The Kier molecular flexibility index (Phi) is 4.33. The Labute approximate surface area is 168 Å². The van der Waals surface area contributed by atoms with Crippen molar-refractivity contribution in [1.82, 2.24) is 9.91 Å². The Bertz CT molecular complexity index is 920. The van der Waals surface area contributed by atoms with Crippen LogP contribution in [0.25, 0.3) is 0 Å². The van der Waals surface area contributed by atoms with Crippen LogP contribution in [0.2, 0.25) is 0 Å². The third-order valence-corrected chi connectivity index (χ3v) is 6.66. The molecular formula is C22H22FN3O3. The Morgan fingerprint density at radius 3 is 2.41 bits per heavy atom. The molecular weight excluding hydrogens is 373 g/mol. The lowest BCUT2D eigenvalue weighted by molar-refractivity contribution is -0.144. The topological polar surface area (TPSA) is 70.0 Å². The van der Waals surface area contributed by atoms with Gasteiger partial charge >= 0.3 is 0 Å². The number of likely N-dealkylation sites (tertiary alicyclic amines) is 1. The standard InChI is InChI=1S/C22H22FN3O3/c23-14-10-8-13(9-11-14)20(27)19-18-17(16-7-4-12-24-26(16)19)21(28)25(22(18)29)15-5-2-1-3-6-15/h4,7-12,15-19H,1-3,5-6H2/t16-,17-,18-,19-/m1/s1. The highest BCUT2D eigenvalue weighted by atomic mass is 19.1. The summed E-state index contributed by atoms with van der Waals surface area (Å²) in [7, 11) is 0. The second-order valence-corrected chi connectivity index (χ2v) is 8.23. The number of hydrogen-bond donors (Lipinski definition) is 0. The van der Waals surface area contributed by atoms with Gasteiger partial charge < -0.3 is 0 Å². The van der Waals surface area contributed by atoms with E-state index < -0.39 is 29.7 Å². The monoisotopic (exact) mass is 395 g/mol. The largest absolute Gasteiger partial charge is 0.292 e. The number of fused-ring (bicyclic) bond motifs is 3. The number of halogens is 1. The van der Waals surface area contributed by atoms with E-state index in [1.54, 1.807) is 17.3 Å². The first-order chi connectivity index (χ1) is 14.1. The second kappa shape index (κ2) is 6.90. The van der Waals surface area contributed by atoms with Crippen LogP contribution in [-0.2, 0) is 9.59 Å². The van der Waals surface area contributed by atoms with Gasteiger partial charge in [0.2, 0.25) is 11.8 Å². The van der Waals surface area contributed by atoms with Gasteiger partial charge in [-0.3, -0.25) is 24.3 Å². The number of amides is 2. The summed E-state index contributed by atoms with van der Waals surface area (Å²) in [5.41, 5.74) is 0.317. The summed E-state index contributed by atoms with van der Waals surface area (Å²) in [6, 6.07) is 3.96. The fourth-order valence-corrected chi connectivity index (χ4v) is 5.34. The first kappa shape index (κ1) is 18.2. The van der Waals surface area contributed by atoms with Crippen molar-refractivity contribution in [3.63, 3.8) is 0 Å². The summed E-state index contributed by atoms with van der Waals surface area (Å²) in [5.74, 6) is -2.54. The van der Waals surface area contributed by atoms with Gasteiger partial charge in [-0.1, -0.05) is 25.3 Å². The van der Waals surface area contributed by atoms with Crippen molar-refractivity contribution in [3.8, 4) is 0 Å². The fourth-order valence-electron chi connectivity index (χ4n) is 5.34. The number of allylic oxidation sites excluding steroid dienone is 1. The van der Waals surface area contributed by atoms with Crippen molar-refractivity contribution in [2.24, 2.45) is 16.9 Å². The van der Waals surface area contributed by atoms with Crippen LogP contribution in [0.5, 0.6) is 0 Å². The zero-order valence-electron chi connectivity index (χ0n) is 15.9. The molecule has 0 N–H and O–H groups in total.